The van der Waals surface area contributed by atoms with Crippen molar-refractivity contribution < 1.29 is 18.4 Å². The number of nitrogens with one attached hydrogen (secondary N) is 1. The summed E-state index contributed by atoms with van der Waals surface area (Å²) in [5.41, 5.74) is -0.132. The third kappa shape index (κ3) is 4.22. The molecule has 114 valence electrons. The molecule has 7 heteroatoms. The van der Waals surface area contributed by atoms with Crippen molar-refractivity contribution in [2.45, 2.75) is 6.42 Å². The van der Waals surface area contributed by atoms with E-state index in [0.29, 0.717) is 19.2 Å². The summed E-state index contributed by atoms with van der Waals surface area (Å²) in [5, 5.41) is 2.28. The summed E-state index contributed by atoms with van der Waals surface area (Å²) >= 11 is 0. The molecule has 0 radical (unpaired) electrons. The van der Waals surface area contributed by atoms with Crippen LogP contribution in [0.15, 0.2) is 18.2 Å². The van der Waals surface area contributed by atoms with E-state index in [2.05, 4.69) is 10.2 Å². The molecule has 0 aliphatic carbocycles. The predicted molar refractivity (Wildman–Crippen MR) is 73.7 cm³/mol. The van der Waals surface area contributed by atoms with Gasteiger partial charge in [0.05, 0.1) is 5.69 Å². The second kappa shape index (κ2) is 6.62. The van der Waals surface area contributed by atoms with Gasteiger partial charge in [0.2, 0.25) is 11.8 Å². The van der Waals surface area contributed by atoms with E-state index in [1.165, 1.54) is 0 Å². The zero-order chi connectivity index (χ0) is 15.4. The number of likely N-dealkylation sites (N-methyl/N-ethyl adjacent to an activating group) is 1. The minimum atomic E-state index is -0.865. The first-order valence-corrected chi connectivity index (χ1v) is 6.67. The minimum Gasteiger partial charge on any atom is -0.340 e. The van der Waals surface area contributed by atoms with Crippen LogP contribution >= 0.6 is 0 Å². The molecule has 0 aromatic heterocycles. The largest absolute Gasteiger partial charge is 0.340 e. The molecule has 0 saturated carbocycles. The topological polar surface area (TPSA) is 52.7 Å². The van der Waals surface area contributed by atoms with Crippen LogP contribution in [0.4, 0.5) is 14.5 Å². The fourth-order valence-corrected chi connectivity index (χ4v) is 2.09. The molecular formula is C14H17F2N3O2. The third-order valence-corrected chi connectivity index (χ3v) is 3.37. The second-order valence-corrected chi connectivity index (χ2v) is 5.03. The molecule has 1 aromatic carbocycles. The molecule has 2 amide bonds. The lowest BCUT2D eigenvalue weighted by Gasteiger charge is -2.32. The Morgan fingerprint density at radius 3 is 2.48 bits per heavy atom. The average Bonchev–Trinajstić information content (AvgIpc) is 2.42. The molecule has 0 spiro atoms. The van der Waals surface area contributed by atoms with Crippen molar-refractivity contribution in [1.29, 1.82) is 0 Å². The van der Waals surface area contributed by atoms with Gasteiger partial charge in [-0.3, -0.25) is 9.59 Å². The highest BCUT2D eigenvalue weighted by molar-refractivity contribution is 6.03. The van der Waals surface area contributed by atoms with E-state index in [1.54, 1.807) is 4.90 Å². The maximum atomic E-state index is 13.4. The van der Waals surface area contributed by atoms with Gasteiger partial charge in [0.1, 0.15) is 18.1 Å². The van der Waals surface area contributed by atoms with Gasteiger partial charge in [-0.2, -0.15) is 0 Å². The summed E-state index contributed by atoms with van der Waals surface area (Å²) in [7, 11) is 1.96. The first-order chi connectivity index (χ1) is 9.95. The summed E-state index contributed by atoms with van der Waals surface area (Å²) < 4.78 is 26.1. The van der Waals surface area contributed by atoms with E-state index in [1.807, 2.05) is 7.05 Å². The molecule has 1 aliphatic rings. The smallest absolute Gasteiger partial charge is 0.233 e. The van der Waals surface area contributed by atoms with Gasteiger partial charge in [0, 0.05) is 32.2 Å². The van der Waals surface area contributed by atoms with E-state index in [9.17, 15) is 18.4 Å². The highest BCUT2D eigenvalue weighted by Gasteiger charge is 2.21. The van der Waals surface area contributed by atoms with Crippen molar-refractivity contribution in [3.05, 3.63) is 29.8 Å². The Morgan fingerprint density at radius 1 is 1.19 bits per heavy atom. The van der Waals surface area contributed by atoms with Gasteiger partial charge in [0.25, 0.3) is 0 Å². The lowest BCUT2D eigenvalue weighted by molar-refractivity contribution is -0.135. The highest BCUT2D eigenvalue weighted by atomic mass is 19.1. The summed E-state index contributed by atoms with van der Waals surface area (Å²) in [5.74, 6) is -2.48. The minimum absolute atomic E-state index is 0.132. The highest BCUT2D eigenvalue weighted by Crippen LogP contribution is 2.15. The van der Waals surface area contributed by atoms with Gasteiger partial charge in [-0.25, -0.2) is 8.78 Å². The van der Waals surface area contributed by atoms with Crippen LogP contribution in [0.1, 0.15) is 6.42 Å². The zero-order valence-electron chi connectivity index (χ0n) is 11.7. The van der Waals surface area contributed by atoms with Gasteiger partial charge < -0.3 is 15.1 Å². The van der Waals surface area contributed by atoms with Crippen molar-refractivity contribution in [3.63, 3.8) is 0 Å². The fraction of sp³-hybridized carbons (Fsp3) is 0.429. The molecule has 1 saturated heterocycles. The second-order valence-electron chi connectivity index (χ2n) is 5.03. The molecule has 1 fully saturated rings. The molecule has 5 nitrogen and oxygen atoms in total. The molecular weight excluding hydrogens is 280 g/mol. The fourth-order valence-electron chi connectivity index (χ4n) is 2.09. The van der Waals surface area contributed by atoms with Crippen molar-refractivity contribution >= 4 is 17.5 Å². The quantitative estimate of drug-likeness (QED) is 0.849. The summed E-state index contributed by atoms with van der Waals surface area (Å²) in [6, 6.07) is 2.85. The van der Waals surface area contributed by atoms with Gasteiger partial charge in [-0.05, 0) is 19.2 Å². The maximum absolute atomic E-state index is 13.4. The van der Waals surface area contributed by atoms with Crippen LogP contribution in [0.3, 0.4) is 0 Å². The molecule has 1 aromatic rings. The monoisotopic (exact) mass is 297 g/mol. The third-order valence-electron chi connectivity index (χ3n) is 3.37. The molecule has 1 aliphatic heterocycles. The number of carbonyl (C=O) groups excluding carboxylic acids is 2. The van der Waals surface area contributed by atoms with Crippen LogP contribution in [-0.2, 0) is 9.59 Å². The Bertz CT molecular complexity index is 543. The van der Waals surface area contributed by atoms with Gasteiger partial charge in [0.15, 0.2) is 0 Å². The van der Waals surface area contributed by atoms with Crippen LogP contribution in [0.5, 0.6) is 0 Å². The van der Waals surface area contributed by atoms with Gasteiger partial charge in [-0.15, -0.1) is 0 Å². The Morgan fingerprint density at radius 2 is 1.86 bits per heavy atom. The standard InChI is InChI=1S/C14H17F2N3O2/c1-18-4-6-19(7-5-18)14(21)9-13(20)17-12-3-2-10(15)8-11(12)16/h2-3,8H,4-7,9H2,1H3,(H,17,20). The average molecular weight is 297 g/mol. The van der Waals surface area contributed by atoms with Crippen molar-refractivity contribution in [3.8, 4) is 0 Å². The Labute approximate surface area is 121 Å². The molecule has 21 heavy (non-hydrogen) atoms. The number of carbonyl (C=O) groups is 2. The van der Waals surface area contributed by atoms with Gasteiger partial charge >= 0.3 is 0 Å². The van der Waals surface area contributed by atoms with Crippen molar-refractivity contribution in [1.82, 2.24) is 9.80 Å². The number of benzene rings is 1. The number of hydrogen-bond acceptors (Lipinski definition) is 3. The molecule has 0 bridgehead atoms. The first-order valence-electron chi connectivity index (χ1n) is 6.67. The maximum Gasteiger partial charge on any atom is 0.233 e. The lowest BCUT2D eigenvalue weighted by atomic mass is 10.2. The normalized spacial score (nSPS) is 15.9. The van der Waals surface area contributed by atoms with Gasteiger partial charge in [-0.1, -0.05) is 0 Å². The van der Waals surface area contributed by atoms with Crippen LogP contribution in [0.25, 0.3) is 0 Å². The number of halogens is 2. The molecule has 0 atom stereocenters. The molecule has 1 N–H and O–H groups in total. The van der Waals surface area contributed by atoms with Crippen LogP contribution in [0, 0.1) is 11.6 Å². The summed E-state index contributed by atoms with van der Waals surface area (Å²) in [6.45, 7) is 2.68. The van der Waals surface area contributed by atoms with Crippen molar-refractivity contribution in [2.24, 2.45) is 0 Å². The zero-order valence-corrected chi connectivity index (χ0v) is 11.7. The van der Waals surface area contributed by atoms with E-state index in [-0.39, 0.29) is 18.0 Å². The number of anilines is 1. The van der Waals surface area contributed by atoms with E-state index in [4.69, 9.17) is 0 Å². The number of piperazine rings is 1. The number of amides is 2. The number of rotatable bonds is 3. The van der Waals surface area contributed by atoms with Crippen LogP contribution < -0.4 is 5.32 Å². The Balaban J connectivity index is 1.88. The predicted octanol–water partition coefficient (Wildman–Crippen LogP) is 1.07. The number of hydrogen-bond donors (Lipinski definition) is 1. The first kappa shape index (κ1) is 15.4. The molecule has 2 rings (SSSR count). The van der Waals surface area contributed by atoms with Crippen LogP contribution in [-0.4, -0.2) is 54.8 Å². The SMILES string of the molecule is CN1CCN(C(=O)CC(=O)Nc2ccc(F)cc2F)CC1. The van der Waals surface area contributed by atoms with Crippen molar-refractivity contribution in [2.75, 3.05) is 38.5 Å². The van der Waals surface area contributed by atoms with E-state index >= 15 is 0 Å². The Kier molecular flexibility index (Phi) is 4.85. The van der Waals surface area contributed by atoms with E-state index < -0.39 is 17.5 Å². The van der Waals surface area contributed by atoms with Crippen LogP contribution in [0.2, 0.25) is 0 Å². The van der Waals surface area contributed by atoms with E-state index in [0.717, 1.165) is 25.2 Å². The number of nitrogens with zero attached hydrogens (tertiary/aromatic N) is 2. The lowest BCUT2D eigenvalue weighted by Crippen LogP contribution is -2.47. The summed E-state index contributed by atoms with van der Waals surface area (Å²) in [4.78, 5) is 27.4. The Hall–Kier alpha value is -2.02. The molecule has 1 heterocycles. The summed E-state index contributed by atoms with van der Waals surface area (Å²) in [6.07, 6.45) is -0.347. The molecule has 0 unspecified atom stereocenters.